The quantitative estimate of drug-likeness (QED) is 0.843. The highest BCUT2D eigenvalue weighted by Gasteiger charge is 2.58. The molecule has 3 nitrogen and oxygen atoms in total. The summed E-state index contributed by atoms with van der Waals surface area (Å²) in [6.07, 6.45) is 6.30. The summed E-state index contributed by atoms with van der Waals surface area (Å²) >= 11 is 0. The average molecular weight is 334 g/mol. The van der Waals surface area contributed by atoms with Crippen molar-refractivity contribution in [2.45, 2.75) is 58.0 Å². The first-order chi connectivity index (χ1) is 11.5. The Morgan fingerprint density at radius 2 is 2.08 bits per heavy atom. The van der Waals surface area contributed by atoms with Crippen LogP contribution in [0.2, 0.25) is 0 Å². The molecule has 0 amide bonds. The molecule has 0 spiro atoms. The van der Waals surface area contributed by atoms with Crippen LogP contribution in [0.5, 0.6) is 0 Å². The summed E-state index contributed by atoms with van der Waals surface area (Å²) in [5.74, 6) is 1.40. The first kappa shape index (κ1) is 16.4. The van der Waals surface area contributed by atoms with Gasteiger partial charge in [0.1, 0.15) is 12.8 Å². The van der Waals surface area contributed by atoms with Crippen LogP contribution in [0.15, 0.2) is 11.6 Å². The summed E-state index contributed by atoms with van der Waals surface area (Å²) in [6, 6.07) is 0. The van der Waals surface area contributed by atoms with Gasteiger partial charge >= 0.3 is 0 Å². The van der Waals surface area contributed by atoms with E-state index in [1.54, 1.807) is 6.08 Å². The van der Waals surface area contributed by atoms with E-state index in [1.165, 1.54) is 0 Å². The largest absolute Gasteiger partial charge is 0.389 e. The number of hydrogen-bond donors (Lipinski definition) is 1. The van der Waals surface area contributed by atoms with Crippen molar-refractivity contribution in [2.24, 2.45) is 35.0 Å². The van der Waals surface area contributed by atoms with E-state index in [9.17, 15) is 19.1 Å². The Morgan fingerprint density at radius 1 is 1.29 bits per heavy atom. The van der Waals surface area contributed by atoms with E-state index in [4.69, 9.17) is 0 Å². The molecule has 1 N–H and O–H groups in total. The number of allylic oxidation sites excluding steroid dienone is 1. The molecule has 7 atom stereocenters. The molecule has 132 valence electrons. The normalized spacial score (nSPS) is 47.5. The SMILES string of the molecule is C[C@]12CC[C@H]3[C@@H](C[C@H](F)C4=CC(=O)CC[C@@H]43)[C@@H]1CC[C@@H]2C(=O)CO. The van der Waals surface area contributed by atoms with Crippen LogP contribution in [0.25, 0.3) is 0 Å². The Kier molecular flexibility index (Phi) is 3.94. The molecule has 0 aromatic carbocycles. The molecule has 4 heteroatoms. The summed E-state index contributed by atoms with van der Waals surface area (Å²) in [5, 5.41) is 9.30. The van der Waals surface area contributed by atoms with Crippen LogP contribution in [0, 0.1) is 35.0 Å². The molecular formula is C20H27FO3. The summed E-state index contributed by atoms with van der Waals surface area (Å²) in [4.78, 5) is 23.9. The lowest BCUT2D eigenvalue weighted by Crippen LogP contribution is -2.49. The van der Waals surface area contributed by atoms with Crippen LogP contribution in [-0.4, -0.2) is 29.5 Å². The van der Waals surface area contributed by atoms with Gasteiger partial charge in [-0.05, 0) is 79.3 Å². The Balaban J connectivity index is 1.63. The zero-order valence-corrected chi connectivity index (χ0v) is 14.3. The molecule has 0 aromatic rings. The maximum atomic E-state index is 14.8. The highest BCUT2D eigenvalue weighted by molar-refractivity contribution is 5.91. The van der Waals surface area contributed by atoms with Gasteiger partial charge < -0.3 is 5.11 Å². The number of Topliss-reactive ketones (excluding diaryl/α,β-unsaturated/α-hetero) is 1. The van der Waals surface area contributed by atoms with Crippen molar-refractivity contribution in [3.63, 3.8) is 0 Å². The van der Waals surface area contributed by atoms with Crippen LogP contribution in [-0.2, 0) is 9.59 Å². The molecule has 0 heterocycles. The number of hydrogen-bond acceptors (Lipinski definition) is 3. The molecule has 0 radical (unpaired) electrons. The number of alkyl halides is 1. The Morgan fingerprint density at radius 3 is 2.83 bits per heavy atom. The van der Waals surface area contributed by atoms with E-state index in [2.05, 4.69) is 6.92 Å². The molecule has 0 unspecified atom stereocenters. The number of rotatable bonds is 2. The minimum Gasteiger partial charge on any atom is -0.389 e. The third-order valence-corrected chi connectivity index (χ3v) is 7.85. The van der Waals surface area contributed by atoms with Gasteiger partial charge in [-0.15, -0.1) is 0 Å². The van der Waals surface area contributed by atoms with Crippen LogP contribution >= 0.6 is 0 Å². The van der Waals surface area contributed by atoms with Crippen LogP contribution in [0.3, 0.4) is 0 Å². The highest BCUT2D eigenvalue weighted by Crippen LogP contribution is 2.63. The second-order valence-electron chi connectivity index (χ2n) is 8.69. The van der Waals surface area contributed by atoms with Crippen molar-refractivity contribution in [3.05, 3.63) is 11.6 Å². The fourth-order valence-electron chi connectivity index (χ4n) is 6.78. The summed E-state index contributed by atoms with van der Waals surface area (Å²) in [5.41, 5.74) is 0.684. The maximum absolute atomic E-state index is 14.8. The van der Waals surface area contributed by atoms with Gasteiger partial charge in [-0.25, -0.2) is 4.39 Å². The van der Waals surface area contributed by atoms with Gasteiger partial charge in [-0.1, -0.05) is 6.92 Å². The third kappa shape index (κ3) is 2.25. The van der Waals surface area contributed by atoms with Crippen molar-refractivity contribution in [1.82, 2.24) is 0 Å². The molecule has 4 aliphatic rings. The van der Waals surface area contributed by atoms with Gasteiger partial charge in [0.25, 0.3) is 0 Å². The van der Waals surface area contributed by atoms with Crippen molar-refractivity contribution < 1.29 is 19.1 Å². The molecule has 0 bridgehead atoms. The van der Waals surface area contributed by atoms with Gasteiger partial charge in [0, 0.05) is 12.3 Å². The smallest absolute Gasteiger partial charge is 0.161 e. The number of fused-ring (bicyclic) bond motifs is 5. The molecular weight excluding hydrogens is 307 g/mol. The Labute approximate surface area is 142 Å². The summed E-state index contributed by atoms with van der Waals surface area (Å²) in [6.45, 7) is 1.83. The number of carbonyl (C=O) groups is 2. The lowest BCUT2D eigenvalue weighted by atomic mass is 9.51. The van der Waals surface area contributed by atoms with Gasteiger partial charge in [-0.2, -0.15) is 0 Å². The molecule has 0 aromatic heterocycles. The van der Waals surface area contributed by atoms with Gasteiger partial charge in [0.05, 0.1) is 0 Å². The van der Waals surface area contributed by atoms with Crippen molar-refractivity contribution >= 4 is 11.6 Å². The second-order valence-corrected chi connectivity index (χ2v) is 8.69. The highest BCUT2D eigenvalue weighted by atomic mass is 19.1. The minimum absolute atomic E-state index is 0.0325. The molecule has 3 fully saturated rings. The standard InChI is InChI=1S/C20H27FO3/c1-20-7-6-13-12-3-2-11(23)8-15(12)18(21)9-14(13)16(20)4-5-17(20)19(24)10-22/h8,12-14,16-18,22H,2-7,9-10H2,1H3/t12-,13-,14-,16+,17-,18+,20+/m1/s1. The van der Waals surface area contributed by atoms with E-state index >= 15 is 0 Å². The lowest BCUT2D eigenvalue weighted by Gasteiger charge is -2.54. The zero-order chi connectivity index (χ0) is 17.1. The van der Waals surface area contributed by atoms with Crippen molar-refractivity contribution in [3.8, 4) is 0 Å². The topological polar surface area (TPSA) is 54.4 Å². The predicted molar refractivity (Wildman–Crippen MR) is 88.0 cm³/mol. The molecule has 0 aliphatic heterocycles. The summed E-state index contributed by atoms with van der Waals surface area (Å²) in [7, 11) is 0. The Bertz CT molecular complexity index is 598. The number of ketones is 2. The number of aliphatic hydroxyl groups excluding tert-OH is 1. The molecule has 24 heavy (non-hydrogen) atoms. The van der Waals surface area contributed by atoms with E-state index in [0.717, 1.165) is 37.7 Å². The van der Waals surface area contributed by atoms with Crippen LogP contribution in [0.1, 0.15) is 51.9 Å². The molecule has 4 rings (SSSR count). The molecule has 3 saturated carbocycles. The molecule has 0 saturated heterocycles. The predicted octanol–water partition coefficient (Wildman–Crippen LogP) is 3.25. The van der Waals surface area contributed by atoms with E-state index in [-0.39, 0.29) is 35.4 Å². The Hall–Kier alpha value is -1.03. The first-order valence-electron chi connectivity index (χ1n) is 9.47. The van der Waals surface area contributed by atoms with Crippen LogP contribution < -0.4 is 0 Å². The van der Waals surface area contributed by atoms with E-state index in [0.29, 0.717) is 30.6 Å². The minimum atomic E-state index is -0.990. The number of halogens is 1. The summed E-state index contributed by atoms with van der Waals surface area (Å²) < 4.78 is 14.8. The van der Waals surface area contributed by atoms with Gasteiger partial charge in [-0.3, -0.25) is 9.59 Å². The molecule has 4 aliphatic carbocycles. The fraction of sp³-hybridized carbons (Fsp3) is 0.800. The number of carbonyl (C=O) groups excluding carboxylic acids is 2. The van der Waals surface area contributed by atoms with Crippen molar-refractivity contribution in [2.75, 3.05) is 6.61 Å². The van der Waals surface area contributed by atoms with Gasteiger partial charge in [0.2, 0.25) is 0 Å². The fourth-order valence-corrected chi connectivity index (χ4v) is 6.78. The average Bonchev–Trinajstić information content (AvgIpc) is 2.92. The van der Waals surface area contributed by atoms with Crippen molar-refractivity contribution in [1.29, 1.82) is 0 Å². The van der Waals surface area contributed by atoms with E-state index in [1.807, 2.05) is 0 Å². The van der Waals surface area contributed by atoms with Crippen LogP contribution in [0.4, 0.5) is 4.39 Å². The number of aliphatic hydroxyl groups is 1. The van der Waals surface area contributed by atoms with Gasteiger partial charge in [0.15, 0.2) is 11.6 Å². The first-order valence-corrected chi connectivity index (χ1v) is 9.47. The lowest BCUT2D eigenvalue weighted by molar-refractivity contribution is -0.132. The second kappa shape index (κ2) is 5.76. The maximum Gasteiger partial charge on any atom is 0.161 e. The third-order valence-electron chi connectivity index (χ3n) is 7.85. The zero-order valence-electron chi connectivity index (χ0n) is 14.3. The monoisotopic (exact) mass is 334 g/mol. The van der Waals surface area contributed by atoms with E-state index < -0.39 is 6.17 Å².